The summed E-state index contributed by atoms with van der Waals surface area (Å²) in [5, 5.41) is 14.6. The lowest BCUT2D eigenvalue weighted by atomic mass is 10.1. The van der Waals surface area contributed by atoms with Crippen molar-refractivity contribution >= 4 is 11.6 Å². The van der Waals surface area contributed by atoms with Crippen molar-refractivity contribution in [1.29, 1.82) is 5.26 Å². The van der Waals surface area contributed by atoms with E-state index in [2.05, 4.69) is 15.6 Å². The highest BCUT2D eigenvalue weighted by molar-refractivity contribution is 5.94. The third kappa shape index (κ3) is 4.32. The van der Waals surface area contributed by atoms with Crippen LogP contribution in [0.15, 0.2) is 42.6 Å². The zero-order chi connectivity index (χ0) is 15.1. The van der Waals surface area contributed by atoms with Gasteiger partial charge in [-0.2, -0.15) is 5.26 Å². The number of amides is 1. The highest BCUT2D eigenvalue weighted by Gasteiger charge is 2.03. The van der Waals surface area contributed by atoms with E-state index < -0.39 is 0 Å². The van der Waals surface area contributed by atoms with Crippen molar-refractivity contribution in [2.24, 2.45) is 0 Å². The summed E-state index contributed by atoms with van der Waals surface area (Å²) in [6.45, 7) is 3.08. The van der Waals surface area contributed by atoms with E-state index in [4.69, 9.17) is 5.26 Å². The van der Waals surface area contributed by atoms with Gasteiger partial charge >= 0.3 is 0 Å². The Balaban J connectivity index is 1.75. The minimum Gasteiger partial charge on any atom is -0.382 e. The zero-order valence-electron chi connectivity index (χ0n) is 11.8. The molecule has 0 saturated heterocycles. The van der Waals surface area contributed by atoms with Crippen LogP contribution in [0.3, 0.4) is 0 Å². The molecule has 1 aromatic carbocycles. The second-order valence-electron chi connectivity index (χ2n) is 4.59. The van der Waals surface area contributed by atoms with Crippen molar-refractivity contribution in [3.8, 4) is 6.07 Å². The molecule has 5 heteroatoms. The predicted octanol–water partition coefficient (Wildman–Crippen LogP) is 2.10. The first kappa shape index (κ1) is 14.5. The van der Waals surface area contributed by atoms with Gasteiger partial charge in [0.1, 0.15) is 11.8 Å². The van der Waals surface area contributed by atoms with Crippen LogP contribution in [0.5, 0.6) is 0 Å². The molecule has 1 amide bonds. The maximum atomic E-state index is 11.9. The van der Waals surface area contributed by atoms with Crippen molar-refractivity contribution < 1.29 is 4.79 Å². The van der Waals surface area contributed by atoms with Crippen LogP contribution in [0.25, 0.3) is 0 Å². The van der Waals surface area contributed by atoms with Gasteiger partial charge in [0.2, 0.25) is 0 Å². The van der Waals surface area contributed by atoms with Gasteiger partial charge in [0.05, 0.1) is 11.9 Å². The van der Waals surface area contributed by atoms with Gasteiger partial charge in [-0.25, -0.2) is 4.98 Å². The Morgan fingerprint density at radius 2 is 1.95 bits per heavy atom. The summed E-state index contributed by atoms with van der Waals surface area (Å²) in [6, 6.07) is 12.8. The molecule has 2 aromatic rings. The van der Waals surface area contributed by atoms with Gasteiger partial charge < -0.3 is 10.6 Å². The highest BCUT2D eigenvalue weighted by atomic mass is 16.1. The van der Waals surface area contributed by atoms with E-state index in [1.165, 1.54) is 0 Å². The molecule has 106 valence electrons. The first-order chi connectivity index (χ1) is 10.2. The molecule has 0 atom stereocenters. The van der Waals surface area contributed by atoms with Crippen molar-refractivity contribution in [1.82, 2.24) is 10.3 Å². The molecule has 0 aliphatic rings. The first-order valence-corrected chi connectivity index (χ1v) is 6.64. The Hall–Kier alpha value is -2.87. The van der Waals surface area contributed by atoms with Crippen LogP contribution in [0.4, 0.5) is 5.69 Å². The third-order valence-electron chi connectivity index (χ3n) is 2.93. The van der Waals surface area contributed by atoms with E-state index in [-0.39, 0.29) is 5.91 Å². The van der Waals surface area contributed by atoms with Crippen LogP contribution in [-0.4, -0.2) is 24.0 Å². The normalized spacial score (nSPS) is 9.71. The zero-order valence-corrected chi connectivity index (χ0v) is 11.8. The van der Waals surface area contributed by atoms with Crippen LogP contribution in [-0.2, 0) is 0 Å². The van der Waals surface area contributed by atoms with E-state index in [1.807, 2.05) is 37.3 Å². The van der Waals surface area contributed by atoms with Crippen LogP contribution >= 0.6 is 0 Å². The second kappa shape index (κ2) is 7.06. The van der Waals surface area contributed by atoms with Crippen molar-refractivity contribution in [2.75, 3.05) is 18.4 Å². The van der Waals surface area contributed by atoms with Gasteiger partial charge in [-0.05, 0) is 31.2 Å². The summed E-state index contributed by atoms with van der Waals surface area (Å²) in [4.78, 5) is 15.8. The monoisotopic (exact) mass is 280 g/mol. The smallest absolute Gasteiger partial charge is 0.251 e. The predicted molar refractivity (Wildman–Crippen MR) is 81.0 cm³/mol. The number of carbonyl (C=O) groups excluding carboxylic acids is 1. The Morgan fingerprint density at radius 1 is 1.19 bits per heavy atom. The summed E-state index contributed by atoms with van der Waals surface area (Å²) < 4.78 is 0. The van der Waals surface area contributed by atoms with Crippen LogP contribution in [0, 0.1) is 18.3 Å². The van der Waals surface area contributed by atoms with Crippen LogP contribution in [0.1, 0.15) is 21.6 Å². The molecule has 0 unspecified atom stereocenters. The number of anilines is 1. The van der Waals surface area contributed by atoms with Crippen LogP contribution in [0.2, 0.25) is 0 Å². The SMILES string of the molecule is Cc1ccc(C(=O)NCCNc2ccc(C#N)nc2)cc1. The molecule has 2 N–H and O–H groups in total. The lowest BCUT2D eigenvalue weighted by Crippen LogP contribution is -2.28. The first-order valence-electron chi connectivity index (χ1n) is 6.64. The van der Waals surface area contributed by atoms with Gasteiger partial charge in [0.15, 0.2) is 0 Å². The summed E-state index contributed by atoms with van der Waals surface area (Å²) in [5.74, 6) is -0.0882. The van der Waals surface area contributed by atoms with E-state index in [0.29, 0.717) is 24.3 Å². The maximum Gasteiger partial charge on any atom is 0.251 e. The average molecular weight is 280 g/mol. The van der Waals surface area contributed by atoms with Gasteiger partial charge in [0.25, 0.3) is 5.91 Å². The Labute approximate surface area is 123 Å². The molecule has 0 aliphatic heterocycles. The number of aryl methyl sites for hydroxylation is 1. The number of rotatable bonds is 5. The highest BCUT2D eigenvalue weighted by Crippen LogP contribution is 2.05. The third-order valence-corrected chi connectivity index (χ3v) is 2.93. The van der Waals surface area contributed by atoms with Crippen molar-refractivity contribution in [2.45, 2.75) is 6.92 Å². The minimum absolute atomic E-state index is 0.0882. The molecule has 0 saturated carbocycles. The number of hydrogen-bond acceptors (Lipinski definition) is 4. The fourth-order valence-electron chi connectivity index (χ4n) is 1.75. The van der Waals surface area contributed by atoms with Gasteiger partial charge in [-0.3, -0.25) is 4.79 Å². The minimum atomic E-state index is -0.0882. The Morgan fingerprint density at radius 3 is 2.57 bits per heavy atom. The lowest BCUT2D eigenvalue weighted by molar-refractivity contribution is 0.0955. The number of nitriles is 1. The second-order valence-corrected chi connectivity index (χ2v) is 4.59. The van der Waals surface area contributed by atoms with Crippen molar-refractivity contribution in [3.05, 3.63) is 59.4 Å². The molecule has 0 spiro atoms. The molecule has 0 bridgehead atoms. The van der Waals surface area contributed by atoms with E-state index in [9.17, 15) is 4.79 Å². The molecule has 1 heterocycles. The number of pyridine rings is 1. The topological polar surface area (TPSA) is 77.8 Å². The molecule has 5 nitrogen and oxygen atoms in total. The Bertz CT molecular complexity index is 641. The average Bonchev–Trinajstić information content (AvgIpc) is 2.52. The van der Waals surface area contributed by atoms with E-state index in [0.717, 1.165) is 11.3 Å². The summed E-state index contributed by atoms with van der Waals surface area (Å²) in [5.41, 5.74) is 2.98. The lowest BCUT2D eigenvalue weighted by Gasteiger charge is -2.08. The number of nitrogens with zero attached hydrogens (tertiary/aromatic N) is 2. The quantitative estimate of drug-likeness (QED) is 0.822. The number of nitrogens with one attached hydrogen (secondary N) is 2. The van der Waals surface area contributed by atoms with E-state index >= 15 is 0 Å². The summed E-state index contributed by atoms with van der Waals surface area (Å²) in [7, 11) is 0. The van der Waals surface area contributed by atoms with Crippen LogP contribution < -0.4 is 10.6 Å². The molecule has 1 aromatic heterocycles. The molecule has 2 rings (SSSR count). The summed E-state index contributed by atoms with van der Waals surface area (Å²) >= 11 is 0. The molecular formula is C16H16N4O. The fraction of sp³-hybridized carbons (Fsp3) is 0.188. The standard InChI is InChI=1S/C16H16N4O/c1-12-2-4-13(5-3-12)16(21)19-9-8-18-15-7-6-14(10-17)20-11-15/h2-7,11,18H,8-9H2,1H3,(H,19,21). The largest absolute Gasteiger partial charge is 0.382 e. The molecule has 0 radical (unpaired) electrons. The van der Waals surface area contributed by atoms with Gasteiger partial charge in [-0.1, -0.05) is 17.7 Å². The number of carbonyl (C=O) groups is 1. The maximum absolute atomic E-state index is 11.9. The Kier molecular flexibility index (Phi) is 4.89. The molecule has 21 heavy (non-hydrogen) atoms. The van der Waals surface area contributed by atoms with Gasteiger partial charge in [-0.15, -0.1) is 0 Å². The van der Waals surface area contributed by atoms with Crippen molar-refractivity contribution in [3.63, 3.8) is 0 Å². The number of aromatic nitrogens is 1. The molecule has 0 aliphatic carbocycles. The van der Waals surface area contributed by atoms with E-state index in [1.54, 1.807) is 18.3 Å². The van der Waals surface area contributed by atoms with Gasteiger partial charge in [0, 0.05) is 18.7 Å². The summed E-state index contributed by atoms with van der Waals surface area (Å²) in [6.07, 6.45) is 1.60. The molecular weight excluding hydrogens is 264 g/mol. The number of hydrogen-bond donors (Lipinski definition) is 2. The number of benzene rings is 1. The fourth-order valence-corrected chi connectivity index (χ4v) is 1.75. The molecule has 0 fully saturated rings.